The van der Waals surface area contributed by atoms with E-state index in [0.717, 1.165) is 36.4 Å². The van der Waals surface area contributed by atoms with Gasteiger partial charge < -0.3 is 19.9 Å². The van der Waals surface area contributed by atoms with Crippen LogP contribution in [-0.4, -0.2) is 85.3 Å². The second-order valence-electron chi connectivity index (χ2n) is 12.4. The van der Waals surface area contributed by atoms with E-state index >= 15 is 0 Å². The van der Waals surface area contributed by atoms with Crippen molar-refractivity contribution in [3.05, 3.63) is 66.0 Å². The molecule has 7 rings (SSSR count). The number of aromatic nitrogens is 2. The van der Waals surface area contributed by atoms with Gasteiger partial charge in [0.2, 0.25) is 0 Å². The van der Waals surface area contributed by atoms with Crippen LogP contribution in [0.4, 0.5) is 31.8 Å². The molecule has 1 atom stereocenters. The van der Waals surface area contributed by atoms with Crippen LogP contribution in [0.3, 0.4) is 0 Å². The molecule has 4 aliphatic rings. The molecule has 3 aromatic rings. The molecule has 2 aromatic carbocycles. The molecule has 1 saturated carbocycles. The van der Waals surface area contributed by atoms with Crippen molar-refractivity contribution in [2.45, 2.75) is 44.2 Å². The van der Waals surface area contributed by atoms with Gasteiger partial charge in [-0.05, 0) is 49.8 Å². The number of rotatable bonds is 9. The minimum absolute atomic E-state index is 0.239. The summed E-state index contributed by atoms with van der Waals surface area (Å²) in [4.78, 5) is 22.4. The number of piperazine rings is 1. The quantitative estimate of drug-likeness (QED) is 0.346. The Balaban J connectivity index is 0.980. The van der Waals surface area contributed by atoms with Crippen LogP contribution in [0.15, 0.2) is 48.8 Å². The van der Waals surface area contributed by atoms with E-state index in [1.54, 1.807) is 19.2 Å². The highest BCUT2D eigenvalue weighted by atomic mass is 19.2. The molecular weight excluding hydrogens is 564 g/mol. The highest BCUT2D eigenvalue weighted by molar-refractivity contribution is 5.70. The summed E-state index contributed by atoms with van der Waals surface area (Å²) in [5.41, 5.74) is 2.16. The minimum Gasteiger partial charge on any atom is -0.494 e. The number of methoxy groups -OCH3 is 1. The number of nitrogens with zero attached hydrogens (tertiary/aromatic N) is 6. The maximum atomic E-state index is 14.6. The molecule has 0 spiro atoms. The van der Waals surface area contributed by atoms with E-state index < -0.39 is 17.7 Å². The van der Waals surface area contributed by atoms with Gasteiger partial charge in [-0.1, -0.05) is 12.1 Å². The molecule has 0 bridgehead atoms. The number of hydroxylamine groups is 1. The SMILES string of the molecule is COc1cc(N2CCC(N3CCN(CC4CC4)CC3)CC2)ccc1Nc1cc(N2OCCC2c2cccc(F)c2F)ncn1. The molecule has 3 saturated heterocycles. The first-order valence-corrected chi connectivity index (χ1v) is 15.9. The topological polar surface area (TPSA) is 69.2 Å². The molecule has 3 aliphatic heterocycles. The maximum Gasteiger partial charge on any atom is 0.164 e. The van der Waals surface area contributed by atoms with Crippen molar-refractivity contribution >= 4 is 23.0 Å². The van der Waals surface area contributed by atoms with Crippen LogP contribution in [0.1, 0.15) is 43.7 Å². The zero-order chi connectivity index (χ0) is 30.0. The summed E-state index contributed by atoms with van der Waals surface area (Å²) in [5.74, 6) is 0.936. The molecule has 9 nitrogen and oxygen atoms in total. The number of nitrogens with one attached hydrogen (secondary N) is 1. The van der Waals surface area contributed by atoms with Crippen molar-refractivity contribution in [3.63, 3.8) is 0 Å². The highest BCUT2D eigenvalue weighted by Crippen LogP contribution is 2.38. The molecule has 1 aromatic heterocycles. The second kappa shape index (κ2) is 12.8. The van der Waals surface area contributed by atoms with Crippen LogP contribution in [0.2, 0.25) is 0 Å². The molecule has 0 radical (unpaired) electrons. The lowest BCUT2D eigenvalue weighted by Crippen LogP contribution is -2.53. The monoisotopic (exact) mass is 605 g/mol. The standard InChI is InChI=1S/C33H41F2N7O2/c1-43-30-19-25(40-12-9-24(10-13-40)41-16-14-39(15-17-41)21-23-5-6-23)7-8-28(30)38-31-20-32(37-22-36-31)42-29(11-18-44-42)26-3-2-4-27(34)33(26)35/h2-4,7-8,19-20,22-24,29H,5-6,9-18,21H2,1H3,(H,36,37,38). The Hall–Kier alpha value is -3.54. The van der Waals surface area contributed by atoms with Gasteiger partial charge in [-0.2, -0.15) is 0 Å². The van der Waals surface area contributed by atoms with E-state index in [0.29, 0.717) is 36.5 Å². The summed E-state index contributed by atoms with van der Waals surface area (Å²) in [5, 5.41) is 4.87. The van der Waals surface area contributed by atoms with Crippen LogP contribution in [0.25, 0.3) is 0 Å². The van der Waals surface area contributed by atoms with Gasteiger partial charge in [0.15, 0.2) is 17.5 Å². The molecule has 234 valence electrons. The van der Waals surface area contributed by atoms with Gasteiger partial charge in [0, 0.05) is 81.7 Å². The van der Waals surface area contributed by atoms with Gasteiger partial charge >= 0.3 is 0 Å². The van der Waals surface area contributed by atoms with Crippen molar-refractivity contribution in [1.29, 1.82) is 0 Å². The Morgan fingerprint density at radius 3 is 2.52 bits per heavy atom. The Morgan fingerprint density at radius 2 is 1.75 bits per heavy atom. The first kappa shape index (κ1) is 29.2. The predicted molar refractivity (Wildman–Crippen MR) is 166 cm³/mol. The highest BCUT2D eigenvalue weighted by Gasteiger charge is 2.33. The first-order chi connectivity index (χ1) is 21.6. The molecule has 0 amide bonds. The van der Waals surface area contributed by atoms with E-state index in [-0.39, 0.29) is 5.56 Å². The fourth-order valence-corrected chi connectivity index (χ4v) is 6.87. The van der Waals surface area contributed by atoms with Crippen LogP contribution < -0.4 is 20.0 Å². The molecule has 11 heteroatoms. The van der Waals surface area contributed by atoms with Crippen LogP contribution in [0.5, 0.6) is 5.75 Å². The first-order valence-electron chi connectivity index (χ1n) is 15.9. The third-order valence-electron chi connectivity index (χ3n) is 9.54. The van der Waals surface area contributed by atoms with E-state index in [2.05, 4.69) is 42.1 Å². The van der Waals surface area contributed by atoms with Gasteiger partial charge in [0.05, 0.1) is 25.4 Å². The zero-order valence-corrected chi connectivity index (χ0v) is 25.3. The van der Waals surface area contributed by atoms with Crippen LogP contribution >= 0.6 is 0 Å². The van der Waals surface area contributed by atoms with Crippen molar-refractivity contribution in [1.82, 2.24) is 19.8 Å². The summed E-state index contributed by atoms with van der Waals surface area (Å²) in [6.45, 7) is 8.56. The van der Waals surface area contributed by atoms with Gasteiger partial charge in [-0.15, -0.1) is 0 Å². The van der Waals surface area contributed by atoms with E-state index in [1.807, 2.05) is 6.07 Å². The van der Waals surface area contributed by atoms with Gasteiger partial charge in [-0.3, -0.25) is 9.74 Å². The second-order valence-corrected chi connectivity index (χ2v) is 12.4. The summed E-state index contributed by atoms with van der Waals surface area (Å²) in [7, 11) is 1.67. The summed E-state index contributed by atoms with van der Waals surface area (Å²) in [6, 6.07) is 12.3. The third kappa shape index (κ3) is 6.31. The Labute approximate surface area is 257 Å². The minimum atomic E-state index is -0.878. The van der Waals surface area contributed by atoms with Crippen molar-refractivity contribution < 1.29 is 18.4 Å². The lowest BCUT2D eigenvalue weighted by atomic mass is 10.0. The van der Waals surface area contributed by atoms with E-state index in [9.17, 15) is 8.78 Å². The number of halogens is 2. The predicted octanol–water partition coefficient (Wildman–Crippen LogP) is 5.39. The average molecular weight is 606 g/mol. The molecule has 4 heterocycles. The number of anilines is 4. The number of benzene rings is 2. The van der Waals surface area contributed by atoms with Crippen LogP contribution in [0, 0.1) is 17.6 Å². The van der Waals surface area contributed by atoms with Gasteiger partial charge in [0.25, 0.3) is 0 Å². The molecule has 44 heavy (non-hydrogen) atoms. The Kier molecular flexibility index (Phi) is 8.51. The summed E-state index contributed by atoms with van der Waals surface area (Å²) >= 11 is 0. The van der Waals surface area contributed by atoms with Crippen LogP contribution in [-0.2, 0) is 4.84 Å². The fourth-order valence-electron chi connectivity index (χ4n) is 6.87. The van der Waals surface area contributed by atoms with Crippen molar-refractivity contribution in [2.24, 2.45) is 5.92 Å². The van der Waals surface area contributed by atoms with Crippen molar-refractivity contribution in [3.8, 4) is 5.75 Å². The molecule has 1 unspecified atom stereocenters. The molecule has 1 N–H and O–H groups in total. The summed E-state index contributed by atoms with van der Waals surface area (Å²) < 4.78 is 34.3. The Morgan fingerprint density at radius 1 is 0.932 bits per heavy atom. The molecular formula is C33H41F2N7O2. The van der Waals surface area contributed by atoms with E-state index in [4.69, 9.17) is 9.57 Å². The average Bonchev–Trinajstić information content (AvgIpc) is 3.74. The summed E-state index contributed by atoms with van der Waals surface area (Å²) in [6.07, 6.45) is 7.15. The number of piperidine rings is 1. The molecule has 4 fully saturated rings. The number of ether oxygens (including phenoxy) is 1. The number of hydrogen-bond acceptors (Lipinski definition) is 9. The van der Waals surface area contributed by atoms with Gasteiger partial charge in [0.1, 0.15) is 17.9 Å². The smallest absolute Gasteiger partial charge is 0.164 e. The lowest BCUT2D eigenvalue weighted by molar-refractivity contribution is 0.0825. The van der Waals surface area contributed by atoms with E-state index in [1.165, 1.54) is 75.9 Å². The van der Waals surface area contributed by atoms with Crippen molar-refractivity contribution in [2.75, 3.05) is 74.8 Å². The number of hydrogen-bond donors (Lipinski definition) is 1. The fraction of sp³-hybridized carbons (Fsp3) is 0.515. The Bertz CT molecular complexity index is 1440. The molecule has 1 aliphatic carbocycles. The maximum absolute atomic E-state index is 14.6. The largest absolute Gasteiger partial charge is 0.494 e. The third-order valence-corrected chi connectivity index (χ3v) is 9.54. The normalized spacial score (nSPS) is 22.0. The van der Waals surface area contributed by atoms with Gasteiger partial charge in [-0.25, -0.2) is 23.8 Å². The lowest BCUT2D eigenvalue weighted by Gasteiger charge is -2.43. The zero-order valence-electron chi connectivity index (χ0n) is 25.3.